The molecule has 3 nitrogen and oxygen atoms in total. The molecule has 0 fully saturated rings. The van der Waals surface area contributed by atoms with E-state index in [0.29, 0.717) is 15.8 Å². The van der Waals surface area contributed by atoms with Crippen LogP contribution in [0, 0.1) is 0 Å². The normalized spacial score (nSPS) is 12.1. The molecule has 0 aliphatic heterocycles. The Morgan fingerprint density at radius 1 is 0.950 bits per heavy atom. The molecule has 0 aliphatic rings. The summed E-state index contributed by atoms with van der Waals surface area (Å²) in [5.74, 6) is 1.31. The summed E-state index contributed by atoms with van der Waals surface area (Å²) in [4.78, 5) is 0. The van der Waals surface area contributed by atoms with E-state index in [2.05, 4.69) is 0 Å². The first-order valence-electron chi connectivity index (χ1n) is 5.99. The van der Waals surface area contributed by atoms with Crippen LogP contribution in [0.15, 0.2) is 36.4 Å². The number of nitrogens with two attached hydrogens (primary N) is 1. The Labute approximate surface area is 128 Å². The molecule has 2 aromatic rings. The Hall–Kier alpha value is -1.42. The van der Waals surface area contributed by atoms with Crippen LogP contribution in [0.5, 0.6) is 11.5 Å². The lowest BCUT2D eigenvalue weighted by Gasteiger charge is -2.16. The van der Waals surface area contributed by atoms with Gasteiger partial charge >= 0.3 is 0 Å². The van der Waals surface area contributed by atoms with E-state index in [1.54, 1.807) is 26.4 Å². The minimum Gasteiger partial charge on any atom is -0.497 e. The topological polar surface area (TPSA) is 44.5 Å². The summed E-state index contributed by atoms with van der Waals surface area (Å²) in [6.07, 6.45) is 0. The SMILES string of the molecule is COc1ccc(C(N)c2cc(Cl)c(OC)cc2Cl)cc1. The summed E-state index contributed by atoms with van der Waals surface area (Å²) in [5, 5.41) is 1.01. The van der Waals surface area contributed by atoms with Gasteiger partial charge in [-0.1, -0.05) is 35.3 Å². The molecule has 0 saturated heterocycles. The molecule has 106 valence electrons. The Kier molecular flexibility index (Phi) is 4.76. The van der Waals surface area contributed by atoms with Crippen molar-refractivity contribution in [3.63, 3.8) is 0 Å². The molecule has 1 atom stereocenters. The third-order valence-corrected chi connectivity index (χ3v) is 3.70. The van der Waals surface area contributed by atoms with Crippen molar-refractivity contribution in [3.8, 4) is 11.5 Å². The molecule has 20 heavy (non-hydrogen) atoms. The minimum absolute atomic E-state index is 0.364. The molecule has 0 aliphatic carbocycles. The maximum Gasteiger partial charge on any atom is 0.138 e. The fourth-order valence-corrected chi connectivity index (χ4v) is 2.45. The smallest absolute Gasteiger partial charge is 0.138 e. The van der Waals surface area contributed by atoms with Gasteiger partial charge in [-0.25, -0.2) is 0 Å². The van der Waals surface area contributed by atoms with Gasteiger partial charge in [0.1, 0.15) is 11.5 Å². The molecular formula is C15H15Cl2NO2. The van der Waals surface area contributed by atoms with Crippen LogP contribution in [0.2, 0.25) is 10.0 Å². The molecular weight excluding hydrogens is 297 g/mol. The summed E-state index contributed by atoms with van der Waals surface area (Å²) < 4.78 is 10.2. The largest absolute Gasteiger partial charge is 0.497 e. The molecule has 1 unspecified atom stereocenters. The number of hydrogen-bond donors (Lipinski definition) is 1. The third-order valence-electron chi connectivity index (χ3n) is 3.08. The average Bonchev–Trinajstić information content (AvgIpc) is 2.48. The van der Waals surface area contributed by atoms with Gasteiger partial charge in [-0.3, -0.25) is 0 Å². The van der Waals surface area contributed by atoms with Crippen molar-refractivity contribution in [2.75, 3.05) is 14.2 Å². The number of hydrogen-bond acceptors (Lipinski definition) is 3. The van der Waals surface area contributed by atoms with Crippen molar-refractivity contribution in [3.05, 3.63) is 57.6 Å². The summed E-state index contributed by atoms with van der Waals surface area (Å²) >= 11 is 12.4. The van der Waals surface area contributed by atoms with Gasteiger partial charge in [0.2, 0.25) is 0 Å². The monoisotopic (exact) mass is 311 g/mol. The second-order valence-electron chi connectivity index (χ2n) is 4.26. The summed E-state index contributed by atoms with van der Waals surface area (Å²) in [7, 11) is 3.16. The van der Waals surface area contributed by atoms with Crippen molar-refractivity contribution in [2.24, 2.45) is 5.73 Å². The number of ether oxygens (including phenoxy) is 2. The van der Waals surface area contributed by atoms with Crippen LogP contribution in [-0.2, 0) is 0 Å². The molecule has 2 N–H and O–H groups in total. The zero-order valence-corrected chi connectivity index (χ0v) is 12.7. The molecule has 0 saturated carbocycles. The van der Waals surface area contributed by atoms with E-state index in [1.165, 1.54) is 0 Å². The quantitative estimate of drug-likeness (QED) is 0.926. The lowest BCUT2D eigenvalue weighted by atomic mass is 9.99. The molecule has 2 aromatic carbocycles. The molecule has 0 bridgehead atoms. The summed E-state index contributed by atoms with van der Waals surface area (Å²) in [5.41, 5.74) is 7.92. The minimum atomic E-state index is -0.364. The fourth-order valence-electron chi connectivity index (χ4n) is 1.93. The zero-order valence-electron chi connectivity index (χ0n) is 11.2. The van der Waals surface area contributed by atoms with Crippen LogP contribution >= 0.6 is 23.2 Å². The Bertz CT molecular complexity index is 600. The van der Waals surface area contributed by atoms with Gasteiger partial charge < -0.3 is 15.2 Å². The van der Waals surface area contributed by atoms with Gasteiger partial charge in [0.05, 0.1) is 25.3 Å². The standard InChI is InChI=1S/C15H15Cl2NO2/c1-19-10-5-3-9(4-6-10)15(18)11-7-13(17)14(20-2)8-12(11)16/h3-8,15H,18H2,1-2H3. The van der Waals surface area contributed by atoms with E-state index in [-0.39, 0.29) is 6.04 Å². The first-order chi connectivity index (χ1) is 9.56. The third kappa shape index (κ3) is 3.01. The van der Waals surface area contributed by atoms with E-state index in [9.17, 15) is 0 Å². The maximum absolute atomic E-state index is 6.24. The lowest BCUT2D eigenvalue weighted by Crippen LogP contribution is -2.12. The van der Waals surface area contributed by atoms with E-state index < -0.39 is 0 Å². The van der Waals surface area contributed by atoms with Crippen LogP contribution in [0.3, 0.4) is 0 Å². The van der Waals surface area contributed by atoms with E-state index in [1.807, 2.05) is 24.3 Å². The molecule has 0 heterocycles. The first kappa shape index (κ1) is 15.0. The first-order valence-corrected chi connectivity index (χ1v) is 6.75. The van der Waals surface area contributed by atoms with Crippen LogP contribution in [0.1, 0.15) is 17.2 Å². The van der Waals surface area contributed by atoms with Crippen molar-refractivity contribution < 1.29 is 9.47 Å². The summed E-state index contributed by atoms with van der Waals surface area (Å²) in [6, 6.07) is 10.6. The summed E-state index contributed by atoms with van der Waals surface area (Å²) in [6.45, 7) is 0. The van der Waals surface area contributed by atoms with E-state index in [4.69, 9.17) is 38.4 Å². The van der Waals surface area contributed by atoms with Gasteiger partial charge in [0, 0.05) is 11.1 Å². The number of benzene rings is 2. The molecule has 0 aromatic heterocycles. The lowest BCUT2D eigenvalue weighted by molar-refractivity contribution is 0.414. The Morgan fingerprint density at radius 2 is 1.60 bits per heavy atom. The fraction of sp³-hybridized carbons (Fsp3) is 0.200. The van der Waals surface area contributed by atoms with Gasteiger partial charge in [-0.2, -0.15) is 0 Å². The molecule has 0 amide bonds. The predicted molar refractivity (Wildman–Crippen MR) is 82.0 cm³/mol. The van der Waals surface area contributed by atoms with Crippen LogP contribution in [-0.4, -0.2) is 14.2 Å². The second-order valence-corrected chi connectivity index (χ2v) is 5.07. The number of halogens is 2. The number of rotatable bonds is 4. The van der Waals surface area contributed by atoms with Crippen molar-refractivity contribution in [1.82, 2.24) is 0 Å². The second kappa shape index (κ2) is 6.35. The molecule has 5 heteroatoms. The van der Waals surface area contributed by atoms with Gasteiger partial charge in [0.15, 0.2) is 0 Å². The average molecular weight is 312 g/mol. The van der Waals surface area contributed by atoms with Crippen LogP contribution < -0.4 is 15.2 Å². The zero-order chi connectivity index (χ0) is 14.7. The van der Waals surface area contributed by atoms with E-state index >= 15 is 0 Å². The van der Waals surface area contributed by atoms with Gasteiger partial charge in [-0.05, 0) is 29.3 Å². The Balaban J connectivity index is 2.36. The molecule has 0 radical (unpaired) electrons. The highest BCUT2D eigenvalue weighted by molar-refractivity contribution is 6.34. The molecule has 0 spiro atoms. The highest BCUT2D eigenvalue weighted by Crippen LogP contribution is 2.35. The number of methoxy groups -OCH3 is 2. The van der Waals surface area contributed by atoms with Gasteiger partial charge in [-0.15, -0.1) is 0 Å². The highest BCUT2D eigenvalue weighted by Gasteiger charge is 2.15. The van der Waals surface area contributed by atoms with Crippen molar-refractivity contribution in [1.29, 1.82) is 0 Å². The molecule has 2 rings (SSSR count). The van der Waals surface area contributed by atoms with Crippen LogP contribution in [0.25, 0.3) is 0 Å². The highest BCUT2D eigenvalue weighted by atomic mass is 35.5. The van der Waals surface area contributed by atoms with Crippen molar-refractivity contribution >= 4 is 23.2 Å². The predicted octanol–water partition coefficient (Wildman–Crippen LogP) is 4.06. The van der Waals surface area contributed by atoms with Crippen LogP contribution in [0.4, 0.5) is 0 Å². The maximum atomic E-state index is 6.24. The van der Waals surface area contributed by atoms with Crippen molar-refractivity contribution in [2.45, 2.75) is 6.04 Å². The van der Waals surface area contributed by atoms with E-state index in [0.717, 1.165) is 16.9 Å². The Morgan fingerprint density at radius 3 is 2.15 bits per heavy atom. The van der Waals surface area contributed by atoms with Gasteiger partial charge in [0.25, 0.3) is 0 Å².